The van der Waals surface area contributed by atoms with Crippen molar-refractivity contribution in [1.29, 1.82) is 0 Å². The molecule has 0 aromatic carbocycles. The van der Waals surface area contributed by atoms with Crippen molar-refractivity contribution >= 4 is 14.0 Å². The summed E-state index contributed by atoms with van der Waals surface area (Å²) < 4.78 is 5.17. The van der Waals surface area contributed by atoms with Gasteiger partial charge in [-0.05, 0) is 6.04 Å². The number of aliphatic hydroxyl groups is 1. The molecule has 1 aliphatic rings. The molecule has 1 fully saturated rings. The number of nitrogens with one attached hydrogen (secondary N) is 1. The predicted octanol–water partition coefficient (Wildman–Crippen LogP) is 0.591. The van der Waals surface area contributed by atoms with Gasteiger partial charge in [-0.25, -0.2) is 0 Å². The van der Waals surface area contributed by atoms with Gasteiger partial charge in [0.15, 0.2) is 0 Å². The number of aliphatic hydroxyl groups excluding tert-OH is 1. The molecule has 0 saturated carbocycles. The van der Waals surface area contributed by atoms with E-state index in [1.807, 2.05) is 0 Å². The van der Waals surface area contributed by atoms with Crippen LogP contribution in [0.1, 0.15) is 6.42 Å². The zero-order chi connectivity index (χ0) is 11.5. The van der Waals surface area contributed by atoms with Gasteiger partial charge in [0.25, 0.3) is 0 Å². The van der Waals surface area contributed by atoms with Gasteiger partial charge in [-0.15, -0.1) is 0 Å². The highest BCUT2D eigenvalue weighted by molar-refractivity contribution is 6.76. The molecule has 0 radical (unpaired) electrons. The van der Waals surface area contributed by atoms with Crippen molar-refractivity contribution in [3.8, 4) is 0 Å². The van der Waals surface area contributed by atoms with Crippen molar-refractivity contribution in [2.24, 2.45) is 0 Å². The van der Waals surface area contributed by atoms with Crippen molar-refractivity contribution in [2.75, 3.05) is 13.2 Å². The minimum absolute atomic E-state index is 0.218. The van der Waals surface area contributed by atoms with E-state index >= 15 is 0 Å². The Labute approximate surface area is 92.0 Å². The van der Waals surface area contributed by atoms with Crippen LogP contribution in [0.25, 0.3) is 0 Å². The molecule has 1 saturated heterocycles. The number of esters is 1. The van der Waals surface area contributed by atoms with Crippen LogP contribution in [0.2, 0.25) is 25.7 Å². The number of hydrogen-bond acceptors (Lipinski definition) is 4. The second-order valence-corrected chi connectivity index (χ2v) is 10.9. The van der Waals surface area contributed by atoms with Gasteiger partial charge in [-0.2, -0.15) is 0 Å². The molecule has 0 bridgehead atoms. The second-order valence-electron chi connectivity index (χ2n) is 5.33. The van der Waals surface area contributed by atoms with Crippen LogP contribution < -0.4 is 5.32 Å². The van der Waals surface area contributed by atoms with E-state index in [0.29, 0.717) is 19.6 Å². The molecule has 5 heteroatoms. The average Bonchev–Trinajstić information content (AvgIpc) is 2.49. The van der Waals surface area contributed by atoms with Gasteiger partial charge < -0.3 is 15.2 Å². The highest BCUT2D eigenvalue weighted by atomic mass is 28.3. The fourth-order valence-electron chi connectivity index (χ4n) is 1.45. The minimum atomic E-state index is -1.12. The van der Waals surface area contributed by atoms with Gasteiger partial charge in [0.2, 0.25) is 0 Å². The second kappa shape index (κ2) is 5.09. The zero-order valence-corrected chi connectivity index (χ0v) is 10.7. The number of carbonyl (C=O) groups excluding carboxylic acids is 1. The fourth-order valence-corrected chi connectivity index (χ4v) is 2.17. The van der Waals surface area contributed by atoms with E-state index in [9.17, 15) is 9.90 Å². The molecule has 2 atom stereocenters. The van der Waals surface area contributed by atoms with Crippen LogP contribution in [0.4, 0.5) is 0 Å². The first-order chi connectivity index (χ1) is 6.88. The summed E-state index contributed by atoms with van der Waals surface area (Å²) in [6, 6.07) is 0.690. The van der Waals surface area contributed by atoms with E-state index in [-0.39, 0.29) is 12.0 Å². The number of ether oxygens (including phenoxy) is 1. The molecule has 1 heterocycles. The Morgan fingerprint density at radius 1 is 1.53 bits per heavy atom. The summed E-state index contributed by atoms with van der Waals surface area (Å²) in [5.74, 6) is -0.218. The third-order valence-corrected chi connectivity index (χ3v) is 4.19. The van der Waals surface area contributed by atoms with Crippen LogP contribution >= 0.6 is 0 Å². The first kappa shape index (κ1) is 12.7. The standard InChI is InChI=1S/C10H21NO3Si/c1-15(2,3)5-4-14-10(13)9-6-8(12)7-11-9/h8-9,11-12H,4-7H2,1-3H3/t8-,9+/m1/s1. The van der Waals surface area contributed by atoms with Crippen LogP contribution in [0.5, 0.6) is 0 Å². The molecular weight excluding hydrogens is 210 g/mol. The summed E-state index contributed by atoms with van der Waals surface area (Å²) in [5.41, 5.74) is 0. The van der Waals surface area contributed by atoms with Gasteiger partial charge in [0.05, 0.1) is 12.7 Å². The number of carbonyl (C=O) groups is 1. The molecule has 0 spiro atoms. The molecule has 15 heavy (non-hydrogen) atoms. The lowest BCUT2D eigenvalue weighted by Gasteiger charge is -2.16. The van der Waals surface area contributed by atoms with Crippen LogP contribution in [0, 0.1) is 0 Å². The topological polar surface area (TPSA) is 58.6 Å². The highest BCUT2D eigenvalue weighted by Gasteiger charge is 2.29. The smallest absolute Gasteiger partial charge is 0.323 e. The van der Waals surface area contributed by atoms with E-state index in [0.717, 1.165) is 6.04 Å². The average molecular weight is 231 g/mol. The van der Waals surface area contributed by atoms with Gasteiger partial charge in [0.1, 0.15) is 6.04 Å². The number of rotatable bonds is 4. The minimum Gasteiger partial charge on any atom is -0.465 e. The van der Waals surface area contributed by atoms with Crippen molar-refractivity contribution in [3.05, 3.63) is 0 Å². The molecule has 0 unspecified atom stereocenters. The van der Waals surface area contributed by atoms with E-state index in [4.69, 9.17) is 4.74 Å². The van der Waals surface area contributed by atoms with Crippen molar-refractivity contribution in [3.63, 3.8) is 0 Å². The molecule has 0 aromatic heterocycles. The molecule has 4 nitrogen and oxygen atoms in total. The lowest BCUT2D eigenvalue weighted by Crippen LogP contribution is -2.33. The van der Waals surface area contributed by atoms with Crippen molar-refractivity contribution in [2.45, 2.75) is 44.3 Å². The summed E-state index contributed by atoms with van der Waals surface area (Å²) in [6.07, 6.45) is 0.0748. The van der Waals surface area contributed by atoms with Crippen LogP contribution in [-0.2, 0) is 9.53 Å². The first-order valence-electron chi connectivity index (χ1n) is 5.46. The summed E-state index contributed by atoms with van der Waals surface area (Å²) in [6.45, 7) is 7.76. The lowest BCUT2D eigenvalue weighted by molar-refractivity contribution is -0.145. The molecular formula is C10H21NO3Si. The SMILES string of the molecule is C[Si](C)(C)CCOC(=O)[C@@H]1C[C@@H](O)CN1. The third kappa shape index (κ3) is 4.77. The molecule has 0 amide bonds. The third-order valence-electron chi connectivity index (χ3n) is 2.49. The maximum Gasteiger partial charge on any atom is 0.323 e. The Bertz CT molecular complexity index is 227. The van der Waals surface area contributed by atoms with Crippen LogP contribution in [-0.4, -0.2) is 44.4 Å². The largest absolute Gasteiger partial charge is 0.465 e. The normalized spacial score (nSPS) is 26.7. The van der Waals surface area contributed by atoms with Gasteiger partial charge in [-0.3, -0.25) is 4.79 Å². The molecule has 0 aromatic rings. The van der Waals surface area contributed by atoms with Crippen LogP contribution in [0.15, 0.2) is 0 Å². The summed E-state index contributed by atoms with van der Waals surface area (Å²) in [7, 11) is -1.12. The Kier molecular flexibility index (Phi) is 4.30. The van der Waals surface area contributed by atoms with E-state index in [2.05, 4.69) is 25.0 Å². The van der Waals surface area contributed by atoms with Crippen LogP contribution in [0.3, 0.4) is 0 Å². The maximum atomic E-state index is 11.5. The fraction of sp³-hybridized carbons (Fsp3) is 0.900. The van der Waals surface area contributed by atoms with Gasteiger partial charge in [0, 0.05) is 21.0 Å². The summed E-state index contributed by atoms with van der Waals surface area (Å²) in [5, 5.41) is 12.2. The van der Waals surface area contributed by atoms with E-state index < -0.39 is 14.2 Å². The van der Waals surface area contributed by atoms with Gasteiger partial charge >= 0.3 is 5.97 Å². The Balaban J connectivity index is 2.19. The Morgan fingerprint density at radius 3 is 2.67 bits per heavy atom. The molecule has 0 aliphatic carbocycles. The first-order valence-corrected chi connectivity index (χ1v) is 9.17. The van der Waals surface area contributed by atoms with E-state index in [1.165, 1.54) is 0 Å². The zero-order valence-electron chi connectivity index (χ0n) is 9.75. The molecule has 1 aliphatic heterocycles. The monoisotopic (exact) mass is 231 g/mol. The summed E-state index contributed by atoms with van der Waals surface area (Å²) in [4.78, 5) is 11.5. The Hall–Kier alpha value is -0.393. The number of hydrogen-bond donors (Lipinski definition) is 2. The van der Waals surface area contributed by atoms with Gasteiger partial charge in [-0.1, -0.05) is 19.6 Å². The van der Waals surface area contributed by atoms with Crippen molar-refractivity contribution in [1.82, 2.24) is 5.32 Å². The van der Waals surface area contributed by atoms with E-state index in [1.54, 1.807) is 0 Å². The molecule has 2 N–H and O–H groups in total. The molecule has 88 valence electrons. The molecule has 1 rings (SSSR count). The maximum absolute atomic E-state index is 11.5. The highest BCUT2D eigenvalue weighted by Crippen LogP contribution is 2.11. The number of β-amino-alcohol motifs (C(OH)–C–C–N with tert-alkyl or cyclic N) is 1. The predicted molar refractivity (Wildman–Crippen MR) is 61.5 cm³/mol. The quantitative estimate of drug-likeness (QED) is 0.549. The van der Waals surface area contributed by atoms with Crippen molar-refractivity contribution < 1.29 is 14.6 Å². The summed E-state index contributed by atoms with van der Waals surface area (Å²) >= 11 is 0. The lowest BCUT2D eigenvalue weighted by atomic mass is 10.2. The Morgan fingerprint density at radius 2 is 2.20 bits per heavy atom.